The second-order valence-corrected chi connectivity index (χ2v) is 5.40. The summed E-state index contributed by atoms with van der Waals surface area (Å²) >= 11 is 0. The van der Waals surface area contributed by atoms with E-state index < -0.39 is 0 Å². The van der Waals surface area contributed by atoms with E-state index in [1.807, 2.05) is 0 Å². The first kappa shape index (κ1) is 15.0. The highest BCUT2D eigenvalue weighted by Crippen LogP contribution is 2.26. The van der Waals surface area contributed by atoms with Crippen LogP contribution in [0.1, 0.15) is 45.4 Å². The van der Waals surface area contributed by atoms with Gasteiger partial charge in [-0.25, -0.2) is 4.98 Å². The van der Waals surface area contributed by atoms with Crippen molar-refractivity contribution in [2.75, 3.05) is 29.9 Å². The summed E-state index contributed by atoms with van der Waals surface area (Å²) in [6, 6.07) is 0.492. The molecule has 1 aliphatic carbocycles. The molecule has 1 aromatic rings. The lowest BCUT2D eigenvalue weighted by molar-refractivity contribution is 0.289. The minimum atomic E-state index is 0.158. The molecule has 0 aliphatic heterocycles. The van der Waals surface area contributed by atoms with Crippen LogP contribution in [0.5, 0.6) is 0 Å². The highest BCUT2D eigenvalue weighted by atomic mass is 16.3. The molecule has 2 rings (SSSR count). The predicted octanol–water partition coefficient (Wildman–Crippen LogP) is 2.43. The summed E-state index contributed by atoms with van der Waals surface area (Å²) in [7, 11) is 0. The number of rotatable bonds is 7. The van der Waals surface area contributed by atoms with Crippen LogP contribution < -0.4 is 10.2 Å². The van der Waals surface area contributed by atoms with Crippen LogP contribution in [0, 0.1) is 0 Å². The second-order valence-electron chi connectivity index (χ2n) is 5.40. The molecular formula is C15H26N4O. The van der Waals surface area contributed by atoms with Crippen molar-refractivity contribution < 1.29 is 5.11 Å². The number of aromatic nitrogens is 2. The van der Waals surface area contributed by atoms with E-state index in [-0.39, 0.29) is 6.61 Å². The first-order chi connectivity index (χ1) is 9.85. The molecule has 0 amide bonds. The van der Waals surface area contributed by atoms with Gasteiger partial charge in [-0.1, -0.05) is 26.2 Å². The van der Waals surface area contributed by atoms with Gasteiger partial charge in [-0.2, -0.15) is 0 Å². The molecule has 5 nitrogen and oxygen atoms in total. The lowest BCUT2D eigenvalue weighted by Gasteiger charge is -2.34. The van der Waals surface area contributed by atoms with Crippen molar-refractivity contribution in [3.8, 4) is 0 Å². The van der Waals surface area contributed by atoms with E-state index in [0.29, 0.717) is 12.6 Å². The monoisotopic (exact) mass is 278 g/mol. The molecule has 2 N–H and O–H groups in total. The molecule has 1 heterocycles. The van der Waals surface area contributed by atoms with Gasteiger partial charge in [-0.3, -0.25) is 4.98 Å². The fraction of sp³-hybridized carbons (Fsp3) is 0.733. The van der Waals surface area contributed by atoms with E-state index in [0.717, 1.165) is 24.6 Å². The van der Waals surface area contributed by atoms with Gasteiger partial charge in [0.15, 0.2) is 0 Å². The fourth-order valence-corrected chi connectivity index (χ4v) is 2.82. The molecule has 0 unspecified atom stereocenters. The van der Waals surface area contributed by atoms with E-state index in [1.165, 1.54) is 32.1 Å². The molecule has 1 aromatic heterocycles. The van der Waals surface area contributed by atoms with Crippen molar-refractivity contribution in [1.82, 2.24) is 9.97 Å². The van der Waals surface area contributed by atoms with Gasteiger partial charge in [0.25, 0.3) is 0 Å². The molecule has 0 aromatic carbocycles. The zero-order valence-electron chi connectivity index (χ0n) is 12.4. The van der Waals surface area contributed by atoms with Gasteiger partial charge in [0, 0.05) is 19.1 Å². The molecule has 0 saturated heterocycles. The van der Waals surface area contributed by atoms with E-state index in [9.17, 15) is 5.11 Å². The summed E-state index contributed by atoms with van der Waals surface area (Å²) in [6.07, 6.45) is 10.9. The summed E-state index contributed by atoms with van der Waals surface area (Å²) in [4.78, 5) is 11.2. The average molecular weight is 278 g/mol. The van der Waals surface area contributed by atoms with Gasteiger partial charge in [0.1, 0.15) is 11.6 Å². The zero-order chi connectivity index (χ0) is 14.2. The first-order valence-electron chi connectivity index (χ1n) is 7.78. The maximum atomic E-state index is 9.33. The Morgan fingerprint density at radius 1 is 1.30 bits per heavy atom. The molecule has 5 heteroatoms. The number of nitrogens with zero attached hydrogens (tertiary/aromatic N) is 3. The van der Waals surface area contributed by atoms with Crippen LogP contribution in [0.15, 0.2) is 12.4 Å². The molecule has 0 atom stereocenters. The van der Waals surface area contributed by atoms with Crippen molar-refractivity contribution in [3.05, 3.63) is 12.4 Å². The number of aliphatic hydroxyl groups is 1. The molecule has 1 aliphatic rings. The largest absolute Gasteiger partial charge is 0.395 e. The van der Waals surface area contributed by atoms with Crippen molar-refractivity contribution in [2.45, 2.75) is 51.5 Å². The van der Waals surface area contributed by atoms with Gasteiger partial charge in [-0.05, 0) is 19.3 Å². The van der Waals surface area contributed by atoms with E-state index in [1.54, 1.807) is 12.4 Å². The topological polar surface area (TPSA) is 61.3 Å². The van der Waals surface area contributed by atoms with Crippen LogP contribution in [0.4, 0.5) is 11.6 Å². The maximum absolute atomic E-state index is 9.33. The normalized spacial score (nSPS) is 16.1. The summed E-state index contributed by atoms with van der Waals surface area (Å²) in [5, 5.41) is 12.6. The Bertz CT molecular complexity index is 393. The molecule has 20 heavy (non-hydrogen) atoms. The van der Waals surface area contributed by atoms with Crippen LogP contribution in [0.3, 0.4) is 0 Å². The average Bonchev–Trinajstić information content (AvgIpc) is 2.52. The third kappa shape index (κ3) is 4.07. The van der Waals surface area contributed by atoms with Gasteiger partial charge >= 0.3 is 0 Å². The predicted molar refractivity (Wildman–Crippen MR) is 82.1 cm³/mol. The van der Waals surface area contributed by atoms with Crippen molar-refractivity contribution in [2.24, 2.45) is 0 Å². The molecule has 0 radical (unpaired) electrons. The molecule has 1 fully saturated rings. The lowest BCUT2D eigenvalue weighted by atomic mass is 9.94. The Kier molecular flexibility index (Phi) is 6.05. The minimum absolute atomic E-state index is 0.158. The van der Waals surface area contributed by atoms with Crippen molar-refractivity contribution >= 4 is 11.6 Å². The number of hydrogen-bond donors (Lipinski definition) is 2. The number of aliphatic hydroxyl groups excluding tert-OH is 1. The molecule has 1 saturated carbocycles. The van der Waals surface area contributed by atoms with E-state index in [4.69, 9.17) is 0 Å². The molecular weight excluding hydrogens is 252 g/mol. The second kappa shape index (κ2) is 8.04. The zero-order valence-corrected chi connectivity index (χ0v) is 12.4. The summed E-state index contributed by atoms with van der Waals surface area (Å²) in [6.45, 7) is 3.83. The van der Waals surface area contributed by atoms with Crippen LogP contribution in [0.2, 0.25) is 0 Å². The minimum Gasteiger partial charge on any atom is -0.395 e. The molecule has 0 bridgehead atoms. The van der Waals surface area contributed by atoms with E-state index in [2.05, 4.69) is 27.1 Å². The van der Waals surface area contributed by atoms with Gasteiger partial charge in [-0.15, -0.1) is 0 Å². The highest BCUT2D eigenvalue weighted by molar-refractivity contribution is 5.44. The van der Waals surface area contributed by atoms with Crippen LogP contribution in [0.25, 0.3) is 0 Å². The van der Waals surface area contributed by atoms with Gasteiger partial charge in [0.05, 0.1) is 19.0 Å². The summed E-state index contributed by atoms with van der Waals surface area (Å²) in [5.41, 5.74) is 0. The molecule has 0 spiro atoms. The Morgan fingerprint density at radius 3 is 2.80 bits per heavy atom. The standard InChI is InChI=1S/C15H26N4O/c1-2-8-17-14-11-16-12-15(18-14)19(9-10-20)13-6-4-3-5-7-13/h11-13,20H,2-10H2,1H3,(H,17,18). The fourth-order valence-electron chi connectivity index (χ4n) is 2.82. The quantitative estimate of drug-likeness (QED) is 0.802. The van der Waals surface area contributed by atoms with Crippen LogP contribution in [-0.2, 0) is 0 Å². The number of nitrogens with one attached hydrogen (secondary N) is 1. The summed E-state index contributed by atoms with van der Waals surface area (Å²) in [5.74, 6) is 1.70. The molecule has 112 valence electrons. The van der Waals surface area contributed by atoms with Gasteiger partial charge in [0.2, 0.25) is 0 Å². The maximum Gasteiger partial charge on any atom is 0.149 e. The SMILES string of the molecule is CCCNc1cncc(N(CCO)C2CCCCC2)n1. The Labute approximate surface area is 121 Å². The summed E-state index contributed by atoms with van der Waals surface area (Å²) < 4.78 is 0. The third-order valence-corrected chi connectivity index (χ3v) is 3.83. The number of hydrogen-bond acceptors (Lipinski definition) is 5. The Hall–Kier alpha value is -1.36. The van der Waals surface area contributed by atoms with Crippen molar-refractivity contribution in [1.29, 1.82) is 0 Å². The lowest BCUT2D eigenvalue weighted by Crippen LogP contribution is -2.39. The smallest absolute Gasteiger partial charge is 0.149 e. The third-order valence-electron chi connectivity index (χ3n) is 3.83. The highest BCUT2D eigenvalue weighted by Gasteiger charge is 2.22. The van der Waals surface area contributed by atoms with E-state index >= 15 is 0 Å². The Balaban J connectivity index is 2.10. The Morgan fingerprint density at radius 2 is 2.10 bits per heavy atom. The van der Waals surface area contributed by atoms with Gasteiger partial charge < -0.3 is 15.3 Å². The first-order valence-corrected chi connectivity index (χ1v) is 7.78. The van der Waals surface area contributed by atoms with Crippen molar-refractivity contribution in [3.63, 3.8) is 0 Å². The van der Waals surface area contributed by atoms with Crippen LogP contribution in [-0.4, -0.2) is 40.8 Å². The van der Waals surface area contributed by atoms with Crippen LogP contribution >= 0.6 is 0 Å². The number of anilines is 2.